The zero-order valence-corrected chi connectivity index (χ0v) is 11.9. The molecular formula is C11H23NO2S2. The molecule has 1 fully saturated rings. The summed E-state index contributed by atoms with van der Waals surface area (Å²) in [6.07, 6.45) is 5.68. The fraction of sp³-hybridized carbons (Fsp3) is 1.00. The minimum atomic E-state index is -2.79. The maximum absolute atomic E-state index is 11.1. The van der Waals surface area contributed by atoms with Crippen LogP contribution in [0.25, 0.3) is 0 Å². The molecule has 0 amide bonds. The lowest BCUT2D eigenvalue weighted by Gasteiger charge is -2.23. The molecule has 1 heterocycles. The van der Waals surface area contributed by atoms with E-state index in [9.17, 15) is 8.42 Å². The fourth-order valence-electron chi connectivity index (χ4n) is 2.17. The predicted octanol–water partition coefficient (Wildman–Crippen LogP) is 1.68. The molecule has 0 radical (unpaired) electrons. The Morgan fingerprint density at radius 2 is 2.25 bits per heavy atom. The molecule has 1 rings (SSSR count). The molecule has 0 bridgehead atoms. The van der Waals surface area contributed by atoms with E-state index < -0.39 is 9.84 Å². The monoisotopic (exact) mass is 265 g/mol. The molecule has 1 aliphatic rings. The second kappa shape index (κ2) is 6.87. The first-order chi connectivity index (χ1) is 7.53. The molecule has 5 heteroatoms. The second-order valence-electron chi connectivity index (χ2n) is 4.49. The molecule has 16 heavy (non-hydrogen) atoms. The van der Waals surface area contributed by atoms with Crippen molar-refractivity contribution in [3.8, 4) is 0 Å². The van der Waals surface area contributed by atoms with E-state index in [4.69, 9.17) is 0 Å². The van der Waals surface area contributed by atoms with Crippen LogP contribution < -0.4 is 5.32 Å². The summed E-state index contributed by atoms with van der Waals surface area (Å²) in [5.74, 6) is 1.59. The topological polar surface area (TPSA) is 46.2 Å². The molecule has 1 aliphatic heterocycles. The second-order valence-corrected chi connectivity index (χ2v) is 8.09. The van der Waals surface area contributed by atoms with Crippen LogP contribution >= 0.6 is 11.8 Å². The van der Waals surface area contributed by atoms with Crippen molar-refractivity contribution < 1.29 is 8.42 Å². The molecule has 1 N–H and O–H groups in total. The highest BCUT2D eigenvalue weighted by Crippen LogP contribution is 2.30. The van der Waals surface area contributed by atoms with Crippen molar-refractivity contribution in [1.82, 2.24) is 5.32 Å². The minimum Gasteiger partial charge on any atom is -0.313 e. The zero-order chi connectivity index (χ0) is 12.0. The molecule has 0 saturated carbocycles. The van der Waals surface area contributed by atoms with Crippen LogP contribution in [0.5, 0.6) is 0 Å². The molecule has 0 aromatic carbocycles. The van der Waals surface area contributed by atoms with Crippen LogP contribution in [0.3, 0.4) is 0 Å². The van der Waals surface area contributed by atoms with E-state index in [1.54, 1.807) is 0 Å². The summed E-state index contributed by atoms with van der Waals surface area (Å²) in [6.45, 7) is 3.09. The quantitative estimate of drug-likeness (QED) is 0.761. The van der Waals surface area contributed by atoms with Crippen molar-refractivity contribution in [2.24, 2.45) is 0 Å². The average molecular weight is 265 g/mol. The Kier molecular flexibility index (Phi) is 6.15. The Balaban J connectivity index is 2.32. The first kappa shape index (κ1) is 14.3. The van der Waals surface area contributed by atoms with Crippen LogP contribution in [0, 0.1) is 0 Å². The molecule has 2 unspecified atom stereocenters. The smallest absolute Gasteiger partial charge is 0.147 e. The highest BCUT2D eigenvalue weighted by molar-refractivity contribution is 8.00. The molecule has 2 atom stereocenters. The van der Waals surface area contributed by atoms with Gasteiger partial charge in [-0.2, -0.15) is 11.8 Å². The van der Waals surface area contributed by atoms with Crippen molar-refractivity contribution >= 4 is 21.6 Å². The van der Waals surface area contributed by atoms with E-state index in [1.807, 2.05) is 11.8 Å². The first-order valence-electron chi connectivity index (χ1n) is 6.05. The Bertz CT molecular complexity index is 284. The molecule has 3 nitrogen and oxygen atoms in total. The molecule has 0 aliphatic carbocycles. The summed E-state index contributed by atoms with van der Waals surface area (Å²) < 4.78 is 22.1. The lowest BCUT2D eigenvalue weighted by Crippen LogP contribution is -2.37. The lowest BCUT2D eigenvalue weighted by molar-refractivity contribution is 0.464. The van der Waals surface area contributed by atoms with Gasteiger partial charge in [0.1, 0.15) is 9.84 Å². The maximum Gasteiger partial charge on any atom is 0.147 e. The standard InChI is InChI=1S/C11H23NO2S2/c1-3-12-10(11-7-4-8-15-11)6-5-9-16(2,13)14/h10-12H,3-9H2,1-2H3. The third-order valence-electron chi connectivity index (χ3n) is 2.91. The van der Waals surface area contributed by atoms with Gasteiger partial charge in [-0.3, -0.25) is 0 Å². The Morgan fingerprint density at radius 3 is 2.75 bits per heavy atom. The predicted molar refractivity (Wildman–Crippen MR) is 71.9 cm³/mol. The van der Waals surface area contributed by atoms with Crippen molar-refractivity contribution in [1.29, 1.82) is 0 Å². The van der Waals surface area contributed by atoms with Crippen LogP contribution in [0.15, 0.2) is 0 Å². The Hall–Kier alpha value is 0.260. The molecular weight excluding hydrogens is 242 g/mol. The first-order valence-corrected chi connectivity index (χ1v) is 9.16. The van der Waals surface area contributed by atoms with Gasteiger partial charge in [0.15, 0.2) is 0 Å². The normalized spacial score (nSPS) is 23.5. The van der Waals surface area contributed by atoms with Crippen LogP contribution in [-0.2, 0) is 9.84 Å². The fourth-order valence-corrected chi connectivity index (χ4v) is 4.29. The van der Waals surface area contributed by atoms with E-state index in [1.165, 1.54) is 24.9 Å². The van der Waals surface area contributed by atoms with Crippen LogP contribution in [0.4, 0.5) is 0 Å². The lowest BCUT2D eigenvalue weighted by atomic mass is 10.0. The molecule has 0 aromatic heterocycles. The number of hydrogen-bond donors (Lipinski definition) is 1. The Labute approximate surface area is 104 Å². The van der Waals surface area contributed by atoms with E-state index in [0.29, 0.717) is 17.0 Å². The molecule has 96 valence electrons. The third-order valence-corrected chi connectivity index (χ3v) is 5.46. The van der Waals surface area contributed by atoms with E-state index in [2.05, 4.69) is 12.2 Å². The van der Waals surface area contributed by atoms with Gasteiger partial charge in [-0.1, -0.05) is 6.92 Å². The van der Waals surface area contributed by atoms with Crippen molar-refractivity contribution in [3.63, 3.8) is 0 Å². The van der Waals surface area contributed by atoms with Gasteiger partial charge in [-0.25, -0.2) is 8.42 Å². The zero-order valence-electron chi connectivity index (χ0n) is 10.2. The average Bonchev–Trinajstić information content (AvgIpc) is 2.67. The van der Waals surface area contributed by atoms with Crippen molar-refractivity contribution in [2.75, 3.05) is 24.3 Å². The summed E-state index contributed by atoms with van der Waals surface area (Å²) in [7, 11) is -2.79. The van der Waals surface area contributed by atoms with Gasteiger partial charge >= 0.3 is 0 Å². The third kappa shape index (κ3) is 5.55. The largest absolute Gasteiger partial charge is 0.313 e. The van der Waals surface area contributed by atoms with Gasteiger partial charge in [-0.15, -0.1) is 0 Å². The van der Waals surface area contributed by atoms with Gasteiger partial charge in [-0.05, 0) is 38.0 Å². The molecule has 0 aromatic rings. The van der Waals surface area contributed by atoms with E-state index in [0.717, 1.165) is 19.4 Å². The van der Waals surface area contributed by atoms with Gasteiger partial charge in [0.2, 0.25) is 0 Å². The summed E-state index contributed by atoms with van der Waals surface area (Å²) in [6, 6.07) is 0.499. The van der Waals surface area contributed by atoms with E-state index >= 15 is 0 Å². The SMILES string of the molecule is CCNC(CCCS(C)(=O)=O)C1CCCS1. The highest BCUT2D eigenvalue weighted by atomic mass is 32.2. The number of rotatable bonds is 7. The summed E-state index contributed by atoms with van der Waals surface area (Å²) >= 11 is 2.04. The van der Waals surface area contributed by atoms with Crippen LogP contribution in [0.1, 0.15) is 32.6 Å². The number of hydrogen-bond acceptors (Lipinski definition) is 4. The van der Waals surface area contributed by atoms with Crippen molar-refractivity contribution in [3.05, 3.63) is 0 Å². The highest BCUT2D eigenvalue weighted by Gasteiger charge is 2.24. The number of thioether (sulfide) groups is 1. The van der Waals surface area contributed by atoms with Gasteiger partial charge in [0, 0.05) is 23.3 Å². The maximum atomic E-state index is 11.1. The van der Waals surface area contributed by atoms with Gasteiger partial charge < -0.3 is 5.32 Å². The summed E-state index contributed by atoms with van der Waals surface area (Å²) in [5.41, 5.74) is 0. The van der Waals surface area contributed by atoms with E-state index in [-0.39, 0.29) is 0 Å². The van der Waals surface area contributed by atoms with Crippen LogP contribution in [0.2, 0.25) is 0 Å². The van der Waals surface area contributed by atoms with Crippen LogP contribution in [-0.4, -0.2) is 44.0 Å². The number of sulfone groups is 1. The minimum absolute atomic E-state index is 0.326. The number of nitrogens with one attached hydrogen (secondary N) is 1. The molecule has 1 saturated heterocycles. The summed E-state index contributed by atoms with van der Waals surface area (Å²) in [5, 5.41) is 4.19. The summed E-state index contributed by atoms with van der Waals surface area (Å²) in [4.78, 5) is 0. The molecule has 0 spiro atoms. The van der Waals surface area contributed by atoms with Gasteiger partial charge in [0.25, 0.3) is 0 Å². The Morgan fingerprint density at radius 1 is 1.50 bits per heavy atom. The van der Waals surface area contributed by atoms with Gasteiger partial charge in [0.05, 0.1) is 0 Å². The van der Waals surface area contributed by atoms with Crippen molar-refractivity contribution in [2.45, 2.75) is 43.9 Å².